The number of halogens is 1. The predicted molar refractivity (Wildman–Crippen MR) is 97.6 cm³/mol. The van der Waals surface area contributed by atoms with Gasteiger partial charge in [-0.2, -0.15) is 0 Å². The van der Waals surface area contributed by atoms with Crippen molar-refractivity contribution in [2.24, 2.45) is 5.73 Å². The summed E-state index contributed by atoms with van der Waals surface area (Å²) >= 11 is 6.33. The Kier molecular flexibility index (Phi) is 3.90. The molecule has 0 atom stereocenters. The number of aromatic amines is 1. The van der Waals surface area contributed by atoms with Gasteiger partial charge in [0.05, 0.1) is 10.5 Å². The van der Waals surface area contributed by atoms with Crippen LogP contribution >= 0.6 is 11.6 Å². The standard InChI is InChI=1S/C18H20ClN5/c1-11-21-12(5-7-20)9-17(22-11)24-8-6-16-14(10-24)13-3-2-4-15(19)18(13)23-16/h2-4,9,23H,5-8,10,20H2,1H3. The minimum atomic E-state index is 0.598. The van der Waals surface area contributed by atoms with Gasteiger partial charge in [-0.25, -0.2) is 9.97 Å². The highest BCUT2D eigenvalue weighted by molar-refractivity contribution is 6.35. The number of hydrogen-bond acceptors (Lipinski definition) is 4. The van der Waals surface area contributed by atoms with Crippen LogP contribution < -0.4 is 10.6 Å². The van der Waals surface area contributed by atoms with E-state index >= 15 is 0 Å². The molecule has 1 aliphatic rings. The van der Waals surface area contributed by atoms with E-state index in [1.54, 1.807) is 0 Å². The topological polar surface area (TPSA) is 70.8 Å². The molecule has 1 aliphatic heterocycles. The van der Waals surface area contributed by atoms with Crippen molar-refractivity contribution in [2.75, 3.05) is 18.0 Å². The van der Waals surface area contributed by atoms with Crippen molar-refractivity contribution in [2.45, 2.75) is 26.3 Å². The molecule has 3 aromatic rings. The Balaban J connectivity index is 1.72. The van der Waals surface area contributed by atoms with Crippen LogP contribution in [0.25, 0.3) is 10.9 Å². The van der Waals surface area contributed by atoms with E-state index in [9.17, 15) is 0 Å². The summed E-state index contributed by atoms with van der Waals surface area (Å²) in [5.74, 6) is 1.77. The smallest absolute Gasteiger partial charge is 0.132 e. The molecular weight excluding hydrogens is 322 g/mol. The molecule has 0 saturated heterocycles. The van der Waals surface area contributed by atoms with Gasteiger partial charge in [0.15, 0.2) is 0 Å². The summed E-state index contributed by atoms with van der Waals surface area (Å²) in [7, 11) is 0. The monoisotopic (exact) mass is 341 g/mol. The van der Waals surface area contributed by atoms with Crippen molar-refractivity contribution in [3.63, 3.8) is 0 Å². The van der Waals surface area contributed by atoms with E-state index in [-0.39, 0.29) is 0 Å². The number of nitrogens with zero attached hydrogens (tertiary/aromatic N) is 3. The van der Waals surface area contributed by atoms with Crippen LogP contribution in [0.3, 0.4) is 0 Å². The van der Waals surface area contributed by atoms with Crippen molar-refractivity contribution >= 4 is 28.3 Å². The number of benzene rings is 1. The third-order valence-corrected chi connectivity index (χ3v) is 4.88. The van der Waals surface area contributed by atoms with Crippen LogP contribution in [-0.2, 0) is 19.4 Å². The number of anilines is 1. The maximum Gasteiger partial charge on any atom is 0.132 e. The molecular formula is C18H20ClN5. The number of hydrogen-bond donors (Lipinski definition) is 2. The number of aromatic nitrogens is 3. The van der Waals surface area contributed by atoms with E-state index in [1.807, 2.05) is 19.1 Å². The molecule has 0 fully saturated rings. The molecule has 4 rings (SSSR count). The molecule has 5 nitrogen and oxygen atoms in total. The van der Waals surface area contributed by atoms with Gasteiger partial charge in [-0.1, -0.05) is 23.7 Å². The van der Waals surface area contributed by atoms with Gasteiger partial charge in [-0.05, 0) is 19.5 Å². The molecule has 0 spiro atoms. The van der Waals surface area contributed by atoms with Gasteiger partial charge in [0, 0.05) is 54.3 Å². The van der Waals surface area contributed by atoms with Gasteiger partial charge in [0.1, 0.15) is 11.6 Å². The lowest BCUT2D eigenvalue weighted by molar-refractivity contribution is 0.709. The zero-order valence-electron chi connectivity index (χ0n) is 13.6. The molecule has 0 bridgehead atoms. The number of H-pyrrole nitrogens is 1. The van der Waals surface area contributed by atoms with Crippen molar-refractivity contribution in [1.29, 1.82) is 0 Å². The Hall–Kier alpha value is -2.11. The van der Waals surface area contributed by atoms with Crippen molar-refractivity contribution in [3.05, 3.63) is 52.1 Å². The number of para-hydroxylation sites is 1. The molecule has 0 saturated carbocycles. The van der Waals surface area contributed by atoms with Crippen LogP contribution in [0.5, 0.6) is 0 Å². The quantitative estimate of drug-likeness (QED) is 0.768. The first-order valence-electron chi connectivity index (χ1n) is 8.23. The second-order valence-corrected chi connectivity index (χ2v) is 6.63. The molecule has 2 aromatic heterocycles. The summed E-state index contributed by atoms with van der Waals surface area (Å²) in [6.07, 6.45) is 1.73. The number of fused-ring (bicyclic) bond motifs is 3. The number of nitrogens with two attached hydrogens (primary N) is 1. The minimum Gasteiger partial charge on any atom is -0.357 e. The van der Waals surface area contributed by atoms with Gasteiger partial charge >= 0.3 is 0 Å². The molecule has 3 heterocycles. The minimum absolute atomic E-state index is 0.598. The van der Waals surface area contributed by atoms with Crippen LogP contribution in [0.1, 0.15) is 22.8 Å². The summed E-state index contributed by atoms with van der Waals surface area (Å²) in [6, 6.07) is 8.13. The second-order valence-electron chi connectivity index (χ2n) is 6.22. The van der Waals surface area contributed by atoms with Crippen LogP contribution in [0.4, 0.5) is 5.82 Å². The Bertz CT molecular complexity index is 902. The fourth-order valence-corrected chi connectivity index (χ4v) is 3.67. The fourth-order valence-electron chi connectivity index (χ4n) is 3.45. The Morgan fingerprint density at radius 1 is 1.33 bits per heavy atom. The zero-order valence-corrected chi connectivity index (χ0v) is 14.4. The van der Waals surface area contributed by atoms with Crippen molar-refractivity contribution in [3.8, 4) is 0 Å². The maximum atomic E-state index is 6.33. The summed E-state index contributed by atoms with van der Waals surface area (Å²) < 4.78 is 0. The lowest BCUT2D eigenvalue weighted by atomic mass is 10.0. The second kappa shape index (κ2) is 6.07. The highest BCUT2D eigenvalue weighted by Gasteiger charge is 2.22. The van der Waals surface area contributed by atoms with Crippen LogP contribution in [-0.4, -0.2) is 28.0 Å². The highest BCUT2D eigenvalue weighted by atomic mass is 35.5. The molecule has 0 radical (unpaired) electrons. The summed E-state index contributed by atoms with van der Waals surface area (Å²) in [5, 5.41) is 1.98. The predicted octanol–water partition coefficient (Wildman–Crippen LogP) is 2.98. The van der Waals surface area contributed by atoms with E-state index in [2.05, 4.69) is 32.0 Å². The SMILES string of the molecule is Cc1nc(CCN)cc(N2CCc3[nH]c4c(Cl)cccc4c3C2)n1. The van der Waals surface area contributed by atoms with Crippen LogP contribution in [0.15, 0.2) is 24.3 Å². The first kappa shape index (κ1) is 15.4. The van der Waals surface area contributed by atoms with E-state index in [1.165, 1.54) is 16.6 Å². The molecule has 0 unspecified atom stereocenters. The van der Waals surface area contributed by atoms with Gasteiger partial charge in [0.2, 0.25) is 0 Å². The highest BCUT2D eigenvalue weighted by Crippen LogP contribution is 2.32. The number of aryl methyl sites for hydroxylation is 1. The van der Waals surface area contributed by atoms with Crippen LogP contribution in [0, 0.1) is 6.92 Å². The van der Waals surface area contributed by atoms with E-state index in [0.29, 0.717) is 6.54 Å². The average molecular weight is 342 g/mol. The Morgan fingerprint density at radius 3 is 3.04 bits per heavy atom. The Labute approximate surface area is 145 Å². The first-order chi connectivity index (χ1) is 11.7. The molecule has 0 aliphatic carbocycles. The lowest BCUT2D eigenvalue weighted by Gasteiger charge is -2.28. The van der Waals surface area contributed by atoms with Crippen molar-refractivity contribution < 1.29 is 0 Å². The normalized spacial score (nSPS) is 14.2. The van der Waals surface area contributed by atoms with E-state index in [4.69, 9.17) is 17.3 Å². The zero-order chi connectivity index (χ0) is 16.7. The van der Waals surface area contributed by atoms with E-state index in [0.717, 1.165) is 53.8 Å². The third-order valence-electron chi connectivity index (χ3n) is 4.56. The third kappa shape index (κ3) is 2.64. The summed E-state index contributed by atoms with van der Waals surface area (Å²) in [6.45, 7) is 4.29. The lowest BCUT2D eigenvalue weighted by Crippen LogP contribution is -2.31. The maximum absolute atomic E-state index is 6.33. The van der Waals surface area contributed by atoms with E-state index < -0.39 is 0 Å². The fraction of sp³-hybridized carbons (Fsp3) is 0.333. The first-order valence-corrected chi connectivity index (χ1v) is 8.61. The molecule has 6 heteroatoms. The van der Waals surface area contributed by atoms with Gasteiger partial charge < -0.3 is 15.6 Å². The number of nitrogens with one attached hydrogen (secondary N) is 1. The van der Waals surface area contributed by atoms with Crippen LogP contribution in [0.2, 0.25) is 5.02 Å². The molecule has 124 valence electrons. The molecule has 1 aromatic carbocycles. The number of rotatable bonds is 3. The Morgan fingerprint density at radius 2 is 2.21 bits per heavy atom. The molecule has 0 amide bonds. The molecule has 24 heavy (non-hydrogen) atoms. The van der Waals surface area contributed by atoms with Gasteiger partial charge in [-0.15, -0.1) is 0 Å². The molecule has 3 N–H and O–H groups in total. The van der Waals surface area contributed by atoms with Gasteiger partial charge in [-0.3, -0.25) is 0 Å². The van der Waals surface area contributed by atoms with Crippen molar-refractivity contribution in [1.82, 2.24) is 15.0 Å². The summed E-state index contributed by atoms with van der Waals surface area (Å²) in [5.41, 5.74) is 10.3. The summed E-state index contributed by atoms with van der Waals surface area (Å²) in [4.78, 5) is 14.9. The average Bonchev–Trinajstić information content (AvgIpc) is 2.94. The largest absolute Gasteiger partial charge is 0.357 e. The van der Waals surface area contributed by atoms with Gasteiger partial charge in [0.25, 0.3) is 0 Å².